The van der Waals surface area contributed by atoms with Gasteiger partial charge >= 0.3 is 0 Å². The fourth-order valence-electron chi connectivity index (χ4n) is 2.40. The largest absolute Gasteiger partial charge is 0.491 e. The number of rotatable bonds is 11. The van der Waals surface area contributed by atoms with Gasteiger partial charge < -0.3 is 14.2 Å². The highest BCUT2D eigenvalue weighted by Gasteiger charge is 2.24. The summed E-state index contributed by atoms with van der Waals surface area (Å²) in [6.45, 7) is 2.73. The van der Waals surface area contributed by atoms with Crippen LogP contribution in [0, 0.1) is 0 Å². The Balaban J connectivity index is 1.91. The summed E-state index contributed by atoms with van der Waals surface area (Å²) in [4.78, 5) is 15.8. The molecule has 0 aliphatic heterocycles. The van der Waals surface area contributed by atoms with Gasteiger partial charge in [-0.05, 0) is 25.1 Å². The molecule has 31 heavy (non-hydrogen) atoms. The van der Waals surface area contributed by atoms with Crippen LogP contribution in [0.25, 0.3) is 0 Å². The Hall–Kier alpha value is -2.09. The molecule has 1 aromatic carbocycles. The Kier molecular flexibility index (Phi) is 9.34. The molecule has 0 saturated carbocycles. The lowest BCUT2D eigenvalue weighted by Crippen LogP contribution is -2.10. The molecule has 0 radical (unpaired) electrons. The minimum Gasteiger partial charge on any atom is -0.491 e. The van der Waals surface area contributed by atoms with Crippen molar-refractivity contribution in [1.29, 1.82) is 0 Å². The van der Waals surface area contributed by atoms with Crippen LogP contribution in [0.4, 0.5) is 8.78 Å². The quantitative estimate of drug-likeness (QED) is 0.260. The highest BCUT2D eigenvalue weighted by molar-refractivity contribution is 6.55. The first-order valence-corrected chi connectivity index (χ1v) is 10.3. The van der Waals surface area contributed by atoms with Gasteiger partial charge in [-0.3, -0.25) is 4.79 Å². The molecule has 1 aromatic heterocycles. The smallest absolute Gasteiger partial charge is 0.272 e. The van der Waals surface area contributed by atoms with E-state index in [1.165, 1.54) is 37.3 Å². The minimum atomic E-state index is -2.96. The van der Waals surface area contributed by atoms with E-state index in [0.29, 0.717) is 12.2 Å². The summed E-state index contributed by atoms with van der Waals surface area (Å²) < 4.78 is 43.0. The number of hydrogen-bond acceptors (Lipinski definition) is 5. The van der Waals surface area contributed by atoms with Gasteiger partial charge in [0.05, 0.1) is 23.8 Å². The van der Waals surface area contributed by atoms with Gasteiger partial charge in [-0.2, -0.15) is 0 Å². The highest BCUT2D eigenvalue weighted by atomic mass is 35.5. The van der Waals surface area contributed by atoms with E-state index in [0.717, 1.165) is 13.1 Å². The first kappa shape index (κ1) is 25.2. The molecule has 168 valence electrons. The van der Waals surface area contributed by atoms with Crippen molar-refractivity contribution in [3.8, 4) is 17.4 Å². The van der Waals surface area contributed by atoms with Gasteiger partial charge in [-0.15, -0.1) is 0 Å². The van der Waals surface area contributed by atoms with Crippen molar-refractivity contribution in [1.82, 2.24) is 4.98 Å². The van der Waals surface area contributed by atoms with E-state index in [4.69, 9.17) is 49.0 Å². The number of ether oxygens (including phenoxy) is 3. The minimum absolute atomic E-state index is 0.0644. The third-order valence-electron chi connectivity index (χ3n) is 3.91. The van der Waals surface area contributed by atoms with E-state index in [-0.39, 0.29) is 57.9 Å². The van der Waals surface area contributed by atoms with Crippen LogP contribution in [-0.4, -0.2) is 30.6 Å². The van der Waals surface area contributed by atoms with Crippen molar-refractivity contribution in [2.45, 2.75) is 26.2 Å². The third-order valence-corrected chi connectivity index (χ3v) is 4.50. The molecule has 0 unspecified atom stereocenters. The lowest BCUT2D eigenvalue weighted by molar-refractivity contribution is 0.0170. The Morgan fingerprint density at radius 2 is 1.87 bits per heavy atom. The summed E-state index contributed by atoms with van der Waals surface area (Å²) in [7, 11) is 0. The Bertz CT molecular complexity index is 927. The van der Waals surface area contributed by atoms with E-state index >= 15 is 0 Å². The summed E-state index contributed by atoms with van der Waals surface area (Å²) in [5.74, 6) is -2.38. The normalized spacial score (nSPS) is 11.1. The molecular weight excluding hydrogens is 475 g/mol. The number of aromatic nitrogens is 1. The number of hydrogen-bond donors (Lipinski definition) is 0. The SMILES string of the molecule is CC(=O)c1cc(OCC=C(Cl)Cl)cc(Cl)c1OCCCOc1ccc(C(C)(F)F)cn1. The number of nitrogens with zero attached hydrogens (tertiary/aromatic N) is 1. The van der Waals surface area contributed by atoms with Crippen molar-refractivity contribution in [2.24, 2.45) is 0 Å². The van der Waals surface area contributed by atoms with E-state index in [1.54, 1.807) is 0 Å². The molecule has 10 heteroatoms. The molecule has 0 bridgehead atoms. The van der Waals surface area contributed by atoms with Crippen LogP contribution in [0.5, 0.6) is 17.4 Å². The maximum Gasteiger partial charge on any atom is 0.272 e. The second-order valence-electron chi connectivity index (χ2n) is 6.47. The number of Topliss-reactive ketones (excluding diaryl/α,β-unsaturated/α-hetero) is 1. The van der Waals surface area contributed by atoms with E-state index < -0.39 is 5.92 Å². The van der Waals surface area contributed by atoms with Crippen LogP contribution in [0.1, 0.15) is 36.2 Å². The van der Waals surface area contributed by atoms with Gasteiger partial charge in [0.25, 0.3) is 5.92 Å². The van der Waals surface area contributed by atoms with E-state index in [1.807, 2.05) is 0 Å². The number of benzene rings is 1. The van der Waals surface area contributed by atoms with Gasteiger partial charge in [-0.25, -0.2) is 13.8 Å². The van der Waals surface area contributed by atoms with Crippen LogP contribution in [0.2, 0.25) is 5.02 Å². The first-order chi connectivity index (χ1) is 14.6. The van der Waals surface area contributed by atoms with Crippen molar-refractivity contribution in [2.75, 3.05) is 19.8 Å². The number of pyridine rings is 1. The third kappa shape index (κ3) is 8.16. The number of halogens is 5. The van der Waals surface area contributed by atoms with Gasteiger partial charge in [0.2, 0.25) is 5.88 Å². The molecule has 0 saturated heterocycles. The maximum atomic E-state index is 13.2. The molecule has 0 amide bonds. The van der Waals surface area contributed by atoms with Gasteiger partial charge in [0, 0.05) is 37.2 Å². The summed E-state index contributed by atoms with van der Waals surface area (Å²) in [6, 6.07) is 5.68. The molecule has 2 aromatic rings. The van der Waals surface area contributed by atoms with Crippen molar-refractivity contribution < 1.29 is 27.8 Å². The van der Waals surface area contributed by atoms with Crippen LogP contribution >= 0.6 is 34.8 Å². The van der Waals surface area contributed by atoms with Gasteiger partial charge in [-0.1, -0.05) is 34.8 Å². The van der Waals surface area contributed by atoms with Crippen molar-refractivity contribution in [3.05, 3.63) is 57.2 Å². The number of carbonyl (C=O) groups excluding carboxylic acids is 1. The zero-order valence-corrected chi connectivity index (χ0v) is 19.0. The molecule has 5 nitrogen and oxygen atoms in total. The zero-order chi connectivity index (χ0) is 23.0. The molecule has 0 atom stereocenters. The van der Waals surface area contributed by atoms with Crippen LogP contribution < -0.4 is 14.2 Å². The second-order valence-corrected chi connectivity index (χ2v) is 7.88. The lowest BCUT2D eigenvalue weighted by atomic mass is 10.1. The highest BCUT2D eigenvalue weighted by Crippen LogP contribution is 2.34. The molecular formula is C21H20Cl3F2NO4. The number of ketones is 1. The topological polar surface area (TPSA) is 57.7 Å². The molecule has 0 aliphatic rings. The molecule has 2 rings (SSSR count). The number of carbonyl (C=O) groups is 1. The van der Waals surface area contributed by atoms with E-state index in [9.17, 15) is 13.6 Å². The van der Waals surface area contributed by atoms with Crippen LogP contribution in [0.3, 0.4) is 0 Å². The molecule has 0 N–H and O–H groups in total. The van der Waals surface area contributed by atoms with Crippen molar-refractivity contribution >= 4 is 40.6 Å². The fraction of sp³-hybridized carbons (Fsp3) is 0.333. The predicted molar refractivity (Wildman–Crippen MR) is 116 cm³/mol. The predicted octanol–water partition coefficient (Wildman–Crippen LogP) is 6.60. The molecule has 0 spiro atoms. The molecule has 1 heterocycles. The second kappa shape index (κ2) is 11.5. The lowest BCUT2D eigenvalue weighted by Gasteiger charge is -2.14. The van der Waals surface area contributed by atoms with Crippen molar-refractivity contribution in [3.63, 3.8) is 0 Å². The van der Waals surface area contributed by atoms with E-state index in [2.05, 4.69) is 4.98 Å². The Morgan fingerprint density at radius 1 is 1.16 bits per heavy atom. The monoisotopic (exact) mass is 493 g/mol. The standard InChI is InChI=1S/C21H20Cl3F2NO4/c1-13(28)16-10-15(29-9-6-18(23)24)11-17(22)20(16)31-8-3-7-30-19-5-4-14(12-27-19)21(2,25)26/h4-6,10-12H,3,7-9H2,1-2H3. The number of alkyl halides is 2. The summed E-state index contributed by atoms with van der Waals surface area (Å²) in [6.07, 6.45) is 2.97. The average molecular weight is 495 g/mol. The van der Waals surface area contributed by atoms with Crippen LogP contribution in [-0.2, 0) is 5.92 Å². The summed E-state index contributed by atoms with van der Waals surface area (Å²) >= 11 is 17.3. The summed E-state index contributed by atoms with van der Waals surface area (Å²) in [5.41, 5.74) is 0.0749. The van der Waals surface area contributed by atoms with Gasteiger partial charge in [0.15, 0.2) is 5.78 Å². The van der Waals surface area contributed by atoms with Gasteiger partial charge in [0.1, 0.15) is 22.6 Å². The fourth-order valence-corrected chi connectivity index (χ4v) is 2.79. The maximum absolute atomic E-state index is 13.2. The molecule has 0 fully saturated rings. The average Bonchev–Trinajstić information content (AvgIpc) is 2.68. The Morgan fingerprint density at radius 3 is 2.45 bits per heavy atom. The van der Waals surface area contributed by atoms with Crippen LogP contribution in [0.15, 0.2) is 41.0 Å². The Labute approximate surface area is 193 Å². The first-order valence-electron chi connectivity index (χ1n) is 9.16. The summed E-state index contributed by atoms with van der Waals surface area (Å²) in [5, 5.41) is 0.210. The molecule has 0 aliphatic carbocycles. The zero-order valence-electron chi connectivity index (χ0n) is 16.8.